The molecule has 100 valence electrons. The molecule has 4 nitrogen and oxygen atoms in total. The minimum atomic E-state index is -0.907. The van der Waals surface area contributed by atoms with Gasteiger partial charge in [-0.25, -0.2) is 4.39 Å². The Morgan fingerprint density at radius 2 is 2.11 bits per heavy atom. The van der Waals surface area contributed by atoms with Gasteiger partial charge in [-0.15, -0.1) is 0 Å². The van der Waals surface area contributed by atoms with Crippen LogP contribution in [0.5, 0.6) is 0 Å². The summed E-state index contributed by atoms with van der Waals surface area (Å²) < 4.78 is 13.3. The van der Waals surface area contributed by atoms with E-state index in [1.165, 1.54) is 18.2 Å². The van der Waals surface area contributed by atoms with Crippen LogP contribution in [-0.2, 0) is 4.79 Å². The number of nitrogens with one attached hydrogen (secondary N) is 1. The Hall–Kier alpha value is -1.69. The number of rotatable bonds is 3. The van der Waals surface area contributed by atoms with Crippen LogP contribution in [0.15, 0.2) is 34.8 Å². The van der Waals surface area contributed by atoms with E-state index in [0.29, 0.717) is 16.5 Å². The lowest BCUT2D eigenvalue weighted by atomic mass is 10.1. The van der Waals surface area contributed by atoms with Crippen molar-refractivity contribution >= 4 is 27.8 Å². The van der Waals surface area contributed by atoms with Gasteiger partial charge in [0.1, 0.15) is 5.82 Å². The van der Waals surface area contributed by atoms with Crippen molar-refractivity contribution in [2.75, 3.05) is 0 Å². The highest BCUT2D eigenvalue weighted by molar-refractivity contribution is 9.10. The van der Waals surface area contributed by atoms with Gasteiger partial charge in [0.05, 0.1) is 11.5 Å². The average Bonchev–Trinajstić information content (AvgIpc) is 2.77. The molecule has 0 fully saturated rings. The lowest BCUT2D eigenvalue weighted by Gasteiger charge is -2.13. The zero-order valence-corrected chi connectivity index (χ0v) is 11.4. The molecule has 2 atom stereocenters. The maximum Gasteiger partial charge on any atom is 0.310 e. The quantitative estimate of drug-likeness (QED) is 0.837. The first-order valence-corrected chi connectivity index (χ1v) is 6.43. The summed E-state index contributed by atoms with van der Waals surface area (Å²) in [5.41, 5.74) is 0.313. The van der Waals surface area contributed by atoms with Crippen molar-refractivity contribution in [2.24, 2.45) is 5.92 Å². The Morgan fingerprint density at radius 1 is 1.37 bits per heavy atom. The van der Waals surface area contributed by atoms with Crippen molar-refractivity contribution in [3.05, 3.63) is 46.2 Å². The number of carbonyl (C=O) groups excluding carboxylic acids is 1. The average molecular weight is 328 g/mol. The molecule has 1 aliphatic rings. The minimum absolute atomic E-state index is 0.313. The zero-order valence-electron chi connectivity index (χ0n) is 9.77. The van der Waals surface area contributed by atoms with Gasteiger partial charge in [-0.2, -0.15) is 0 Å². The van der Waals surface area contributed by atoms with Crippen LogP contribution in [0.1, 0.15) is 16.8 Å². The Balaban J connectivity index is 2.03. The summed E-state index contributed by atoms with van der Waals surface area (Å²) in [5.74, 6) is -2.28. The highest BCUT2D eigenvalue weighted by Crippen LogP contribution is 2.21. The number of carboxylic acid groups (broad SMARTS) is 1. The summed E-state index contributed by atoms with van der Waals surface area (Å²) in [7, 11) is 0. The van der Waals surface area contributed by atoms with Crippen LogP contribution in [0.4, 0.5) is 4.39 Å². The molecule has 6 heteroatoms. The normalized spacial score (nSPS) is 21.4. The van der Waals surface area contributed by atoms with Crippen molar-refractivity contribution in [3.63, 3.8) is 0 Å². The van der Waals surface area contributed by atoms with Gasteiger partial charge in [0.15, 0.2) is 0 Å². The van der Waals surface area contributed by atoms with Crippen molar-refractivity contribution in [1.29, 1.82) is 0 Å². The number of hydrogen-bond acceptors (Lipinski definition) is 2. The molecule has 2 N–H and O–H groups in total. The van der Waals surface area contributed by atoms with E-state index in [0.717, 1.165) is 0 Å². The maximum absolute atomic E-state index is 12.9. The first kappa shape index (κ1) is 13.7. The van der Waals surface area contributed by atoms with E-state index < -0.39 is 17.7 Å². The Kier molecular flexibility index (Phi) is 3.99. The van der Waals surface area contributed by atoms with Crippen molar-refractivity contribution in [3.8, 4) is 0 Å². The fraction of sp³-hybridized carbons (Fsp3) is 0.231. The lowest BCUT2D eigenvalue weighted by molar-refractivity contribution is -0.140. The number of amides is 1. The first-order chi connectivity index (χ1) is 8.97. The van der Waals surface area contributed by atoms with E-state index >= 15 is 0 Å². The topological polar surface area (TPSA) is 66.4 Å². The van der Waals surface area contributed by atoms with Gasteiger partial charge in [0.25, 0.3) is 5.91 Å². The summed E-state index contributed by atoms with van der Waals surface area (Å²) in [4.78, 5) is 22.7. The van der Waals surface area contributed by atoms with Gasteiger partial charge in [0.2, 0.25) is 0 Å². The van der Waals surface area contributed by atoms with E-state index in [2.05, 4.69) is 21.2 Å². The minimum Gasteiger partial charge on any atom is -0.481 e. The van der Waals surface area contributed by atoms with Gasteiger partial charge in [-0.3, -0.25) is 9.59 Å². The van der Waals surface area contributed by atoms with Gasteiger partial charge in [0, 0.05) is 10.5 Å². The first-order valence-electron chi connectivity index (χ1n) is 5.64. The fourth-order valence-electron chi connectivity index (χ4n) is 1.91. The smallest absolute Gasteiger partial charge is 0.310 e. The molecule has 2 unspecified atom stereocenters. The third kappa shape index (κ3) is 3.20. The lowest BCUT2D eigenvalue weighted by Crippen LogP contribution is -2.33. The summed E-state index contributed by atoms with van der Waals surface area (Å²) in [5, 5.41) is 11.5. The molecule has 0 bridgehead atoms. The molecule has 1 aromatic carbocycles. The number of benzene rings is 1. The van der Waals surface area contributed by atoms with Crippen LogP contribution in [0.2, 0.25) is 0 Å². The van der Waals surface area contributed by atoms with E-state index in [-0.39, 0.29) is 11.9 Å². The highest BCUT2D eigenvalue weighted by Gasteiger charge is 2.26. The van der Waals surface area contributed by atoms with Gasteiger partial charge in [-0.1, -0.05) is 12.2 Å². The van der Waals surface area contributed by atoms with E-state index in [1.54, 1.807) is 12.2 Å². The van der Waals surface area contributed by atoms with Crippen LogP contribution in [0.3, 0.4) is 0 Å². The predicted molar refractivity (Wildman–Crippen MR) is 70.2 cm³/mol. The van der Waals surface area contributed by atoms with Crippen molar-refractivity contribution in [1.82, 2.24) is 5.32 Å². The second-order valence-corrected chi connectivity index (χ2v) is 5.12. The predicted octanol–water partition coefficient (Wildman–Crippen LogP) is 2.35. The molecule has 2 rings (SSSR count). The molecular formula is C13H11BrFNO3. The van der Waals surface area contributed by atoms with Crippen LogP contribution < -0.4 is 5.32 Å². The van der Waals surface area contributed by atoms with E-state index in [9.17, 15) is 14.0 Å². The third-order valence-corrected chi connectivity index (χ3v) is 3.55. The van der Waals surface area contributed by atoms with Gasteiger partial charge < -0.3 is 10.4 Å². The van der Waals surface area contributed by atoms with Gasteiger partial charge >= 0.3 is 5.97 Å². The van der Waals surface area contributed by atoms with Crippen molar-refractivity contribution < 1.29 is 19.1 Å². The van der Waals surface area contributed by atoms with Crippen LogP contribution >= 0.6 is 15.9 Å². The number of hydrogen-bond donors (Lipinski definition) is 2. The van der Waals surface area contributed by atoms with Crippen LogP contribution in [0.25, 0.3) is 0 Å². The standard InChI is InChI=1S/C13H11BrFNO3/c14-11-6-8(15)2-4-10(11)12(17)16-9-3-1-7(5-9)13(18)19/h1-4,6-7,9H,5H2,(H,16,17)(H,18,19). The molecular weight excluding hydrogens is 317 g/mol. The summed E-state index contributed by atoms with van der Waals surface area (Å²) in [6.45, 7) is 0. The molecule has 0 saturated carbocycles. The summed E-state index contributed by atoms with van der Waals surface area (Å²) in [6.07, 6.45) is 3.56. The Labute approximate surface area is 117 Å². The number of aliphatic carboxylic acids is 1. The molecule has 1 amide bonds. The third-order valence-electron chi connectivity index (χ3n) is 2.89. The summed E-state index contributed by atoms with van der Waals surface area (Å²) >= 11 is 3.12. The second kappa shape index (κ2) is 5.52. The number of halogens is 2. The van der Waals surface area contributed by atoms with Gasteiger partial charge in [-0.05, 0) is 40.5 Å². The van der Waals surface area contributed by atoms with Crippen LogP contribution in [-0.4, -0.2) is 23.0 Å². The molecule has 0 aliphatic heterocycles. The number of carboxylic acids is 1. The highest BCUT2D eigenvalue weighted by atomic mass is 79.9. The number of carbonyl (C=O) groups is 2. The van der Waals surface area contributed by atoms with E-state index in [4.69, 9.17) is 5.11 Å². The molecule has 0 radical (unpaired) electrons. The molecule has 1 aromatic rings. The van der Waals surface area contributed by atoms with Crippen molar-refractivity contribution in [2.45, 2.75) is 12.5 Å². The molecule has 1 aliphatic carbocycles. The Morgan fingerprint density at radius 3 is 2.68 bits per heavy atom. The second-order valence-electron chi connectivity index (χ2n) is 4.27. The molecule has 19 heavy (non-hydrogen) atoms. The fourth-order valence-corrected chi connectivity index (χ4v) is 2.44. The van der Waals surface area contributed by atoms with E-state index in [1.807, 2.05) is 0 Å². The molecule has 0 aromatic heterocycles. The zero-order chi connectivity index (χ0) is 14.0. The van der Waals surface area contributed by atoms with Crippen LogP contribution in [0, 0.1) is 11.7 Å². The monoisotopic (exact) mass is 327 g/mol. The molecule has 0 heterocycles. The Bertz CT molecular complexity index is 559. The molecule has 0 spiro atoms. The maximum atomic E-state index is 12.9. The molecule has 0 saturated heterocycles. The SMILES string of the molecule is O=C(NC1C=CC(C(=O)O)C1)c1ccc(F)cc1Br. The largest absolute Gasteiger partial charge is 0.481 e. The summed E-state index contributed by atoms with van der Waals surface area (Å²) in [6, 6.07) is 3.47.